The summed E-state index contributed by atoms with van der Waals surface area (Å²) < 4.78 is 5.48. The lowest BCUT2D eigenvalue weighted by Crippen LogP contribution is -2.39. The predicted octanol–water partition coefficient (Wildman–Crippen LogP) is 3.10. The fourth-order valence-corrected chi connectivity index (χ4v) is 6.78. The van der Waals surface area contributed by atoms with Gasteiger partial charge in [0.1, 0.15) is 23.7 Å². The average molecular weight is 570 g/mol. The zero-order chi connectivity index (χ0) is 29.9. The maximum atomic E-state index is 14.0. The summed E-state index contributed by atoms with van der Waals surface area (Å²) in [5, 5.41) is 28.6. The molecule has 4 aliphatic rings. The van der Waals surface area contributed by atoms with Crippen molar-refractivity contribution < 1.29 is 44.0 Å². The van der Waals surface area contributed by atoms with E-state index >= 15 is 0 Å². The van der Waals surface area contributed by atoms with Crippen molar-refractivity contribution in [1.82, 2.24) is 0 Å². The van der Waals surface area contributed by atoms with Gasteiger partial charge < -0.3 is 20.1 Å². The standard InChI is InChI=1S/C32H27NO9/c1-15-12-25(36)28-23(29(15)37)14-22-19(26(28)16-2-5-18(6-3-16)42-11-10-34)8-9-21-27(22)31(39)33(30(21)38)17-4-7-20(32(40)41)24(35)13-17/h2-8,12-13,21-22,26-27,34-35H,9-11,14H2,1H3,(H,40,41). The van der Waals surface area contributed by atoms with Crippen LogP contribution in [0, 0.1) is 17.8 Å². The molecule has 1 fully saturated rings. The lowest BCUT2D eigenvalue weighted by atomic mass is 9.59. The van der Waals surface area contributed by atoms with Gasteiger partial charge in [-0.2, -0.15) is 0 Å². The van der Waals surface area contributed by atoms with Crippen LogP contribution in [0.25, 0.3) is 0 Å². The van der Waals surface area contributed by atoms with Crippen molar-refractivity contribution in [2.75, 3.05) is 18.1 Å². The number of hydrogen-bond donors (Lipinski definition) is 3. The van der Waals surface area contributed by atoms with Crippen LogP contribution in [-0.4, -0.2) is 57.9 Å². The summed E-state index contributed by atoms with van der Waals surface area (Å²) in [4.78, 5) is 66.7. The molecule has 0 bridgehead atoms. The van der Waals surface area contributed by atoms with Gasteiger partial charge in [0.25, 0.3) is 0 Å². The van der Waals surface area contributed by atoms with Gasteiger partial charge in [-0.15, -0.1) is 0 Å². The summed E-state index contributed by atoms with van der Waals surface area (Å²) in [6, 6.07) is 10.6. The van der Waals surface area contributed by atoms with Gasteiger partial charge in [0.2, 0.25) is 11.8 Å². The Morgan fingerprint density at radius 1 is 1.02 bits per heavy atom. The summed E-state index contributed by atoms with van der Waals surface area (Å²) in [5.74, 6) is -5.54. The third-order valence-electron chi connectivity index (χ3n) is 8.61. The number of ether oxygens (including phenoxy) is 1. The number of carbonyl (C=O) groups is 5. The number of aromatic carboxylic acids is 1. The number of carboxylic acid groups (broad SMARTS) is 1. The number of Topliss-reactive ketones (excluding diaryl/α,β-unsaturated/α-hetero) is 1. The first-order valence-electron chi connectivity index (χ1n) is 13.6. The number of rotatable bonds is 6. The van der Waals surface area contributed by atoms with Crippen molar-refractivity contribution in [3.8, 4) is 11.5 Å². The number of aliphatic hydroxyl groups is 1. The van der Waals surface area contributed by atoms with Gasteiger partial charge >= 0.3 is 5.97 Å². The van der Waals surface area contributed by atoms with E-state index in [1.807, 2.05) is 6.08 Å². The molecule has 42 heavy (non-hydrogen) atoms. The van der Waals surface area contributed by atoms with Gasteiger partial charge in [-0.25, -0.2) is 9.69 Å². The number of fused-ring (bicyclic) bond motifs is 3. The zero-order valence-electron chi connectivity index (χ0n) is 22.6. The number of allylic oxidation sites excluding steroid dienone is 6. The first-order chi connectivity index (χ1) is 20.1. The number of phenols is 1. The molecule has 6 rings (SSSR count). The monoisotopic (exact) mass is 569 g/mol. The molecular formula is C32H27NO9. The fraction of sp³-hybridized carbons (Fsp3) is 0.281. The van der Waals surface area contributed by atoms with Crippen molar-refractivity contribution in [1.29, 1.82) is 0 Å². The van der Waals surface area contributed by atoms with Crippen LogP contribution in [0.3, 0.4) is 0 Å². The van der Waals surface area contributed by atoms with E-state index < -0.39 is 47.2 Å². The van der Waals surface area contributed by atoms with Crippen molar-refractivity contribution in [3.05, 3.63) is 88.0 Å². The van der Waals surface area contributed by atoms with Gasteiger partial charge in [-0.1, -0.05) is 23.8 Å². The molecule has 10 heteroatoms. The van der Waals surface area contributed by atoms with Crippen molar-refractivity contribution in [2.24, 2.45) is 17.8 Å². The van der Waals surface area contributed by atoms with Crippen LogP contribution in [0.1, 0.15) is 41.6 Å². The largest absolute Gasteiger partial charge is 0.507 e. The summed E-state index contributed by atoms with van der Waals surface area (Å²) in [7, 11) is 0. The molecule has 3 N–H and O–H groups in total. The van der Waals surface area contributed by atoms with Crippen molar-refractivity contribution in [2.45, 2.75) is 25.7 Å². The molecule has 4 unspecified atom stereocenters. The maximum absolute atomic E-state index is 14.0. The molecule has 3 aliphatic carbocycles. The summed E-state index contributed by atoms with van der Waals surface area (Å²) in [5.41, 5.74) is 2.26. The molecule has 1 heterocycles. The van der Waals surface area contributed by atoms with Crippen LogP contribution in [0.5, 0.6) is 11.5 Å². The number of benzene rings is 2. The average Bonchev–Trinajstić information content (AvgIpc) is 3.23. The van der Waals surface area contributed by atoms with Crippen LogP contribution in [-0.2, 0) is 19.2 Å². The third kappa shape index (κ3) is 4.18. The van der Waals surface area contributed by atoms with E-state index in [2.05, 4.69) is 0 Å². The van der Waals surface area contributed by atoms with Gasteiger partial charge in [-0.05, 0) is 61.6 Å². The van der Waals surface area contributed by atoms with Crippen LogP contribution in [0.15, 0.2) is 76.9 Å². The number of imide groups is 1. The Morgan fingerprint density at radius 3 is 2.43 bits per heavy atom. The van der Waals surface area contributed by atoms with Crippen LogP contribution >= 0.6 is 0 Å². The Kier molecular flexibility index (Phi) is 6.65. The van der Waals surface area contributed by atoms with Crippen molar-refractivity contribution >= 4 is 35.0 Å². The number of aromatic hydroxyl groups is 1. The third-order valence-corrected chi connectivity index (χ3v) is 8.61. The normalized spacial score (nSPS) is 25.0. The number of hydrogen-bond acceptors (Lipinski definition) is 8. The molecule has 2 aromatic rings. The topological polar surface area (TPSA) is 159 Å². The van der Waals surface area contributed by atoms with Crippen LogP contribution in [0.2, 0.25) is 0 Å². The van der Waals surface area contributed by atoms with Gasteiger partial charge in [-0.3, -0.25) is 19.2 Å². The quantitative estimate of drug-likeness (QED) is 0.270. The van der Waals surface area contributed by atoms with E-state index in [1.54, 1.807) is 31.2 Å². The molecule has 10 nitrogen and oxygen atoms in total. The maximum Gasteiger partial charge on any atom is 0.339 e. The Bertz CT molecular complexity index is 1660. The highest BCUT2D eigenvalue weighted by molar-refractivity contribution is 6.25. The lowest BCUT2D eigenvalue weighted by molar-refractivity contribution is -0.123. The molecule has 214 valence electrons. The summed E-state index contributed by atoms with van der Waals surface area (Å²) >= 11 is 0. The van der Waals surface area contributed by atoms with Gasteiger partial charge in [0, 0.05) is 28.7 Å². The molecule has 0 saturated carbocycles. The highest BCUT2D eigenvalue weighted by atomic mass is 16.5. The number of amides is 2. The Hall–Kier alpha value is -4.83. The predicted molar refractivity (Wildman–Crippen MR) is 148 cm³/mol. The zero-order valence-corrected chi connectivity index (χ0v) is 22.6. The van der Waals surface area contributed by atoms with E-state index in [0.29, 0.717) is 22.5 Å². The minimum Gasteiger partial charge on any atom is -0.507 e. The molecule has 4 atom stereocenters. The van der Waals surface area contributed by atoms with E-state index in [4.69, 9.17) is 9.84 Å². The van der Waals surface area contributed by atoms with E-state index in [0.717, 1.165) is 28.2 Å². The Labute approximate surface area is 240 Å². The minimum atomic E-state index is -1.35. The Morgan fingerprint density at radius 2 is 1.76 bits per heavy atom. The second-order valence-electron chi connectivity index (χ2n) is 10.9. The van der Waals surface area contributed by atoms with Crippen LogP contribution < -0.4 is 9.64 Å². The van der Waals surface area contributed by atoms with E-state index in [-0.39, 0.29) is 48.9 Å². The number of carbonyl (C=O) groups excluding carboxylic acids is 4. The van der Waals surface area contributed by atoms with Gasteiger partial charge in [0.15, 0.2) is 11.6 Å². The smallest absolute Gasteiger partial charge is 0.339 e. The highest BCUT2D eigenvalue weighted by Gasteiger charge is 2.56. The molecule has 1 aliphatic heterocycles. The lowest BCUT2D eigenvalue weighted by Gasteiger charge is -2.42. The highest BCUT2D eigenvalue weighted by Crippen LogP contribution is 2.55. The second kappa shape index (κ2) is 10.2. The number of anilines is 1. The van der Waals surface area contributed by atoms with Crippen LogP contribution in [0.4, 0.5) is 5.69 Å². The summed E-state index contributed by atoms with van der Waals surface area (Å²) in [6.07, 6.45) is 3.62. The first kappa shape index (κ1) is 27.3. The molecule has 0 aromatic heterocycles. The first-order valence-corrected chi connectivity index (χ1v) is 13.6. The number of ketones is 2. The molecule has 2 aromatic carbocycles. The minimum absolute atomic E-state index is 0.0666. The summed E-state index contributed by atoms with van der Waals surface area (Å²) in [6.45, 7) is 1.56. The van der Waals surface area contributed by atoms with E-state index in [1.165, 1.54) is 12.1 Å². The number of aliphatic hydroxyl groups excluding tert-OH is 1. The van der Waals surface area contributed by atoms with Gasteiger partial charge in [0.05, 0.1) is 24.1 Å². The SMILES string of the molecule is CC1=CC(=O)C2=C(CC3C(=CCC4C(=O)N(c5ccc(C(=O)O)c(O)c5)C(=O)C43)C2c2ccc(OCCO)cc2)C1=O. The Balaban J connectivity index is 1.42. The molecule has 0 spiro atoms. The molecular weight excluding hydrogens is 542 g/mol. The number of nitrogens with zero attached hydrogens (tertiary/aromatic N) is 1. The van der Waals surface area contributed by atoms with Crippen molar-refractivity contribution in [3.63, 3.8) is 0 Å². The molecule has 1 saturated heterocycles. The fourth-order valence-electron chi connectivity index (χ4n) is 6.78. The molecule has 2 amide bonds. The molecule has 0 radical (unpaired) electrons. The van der Waals surface area contributed by atoms with E-state index in [9.17, 15) is 34.2 Å². The number of carboxylic acids is 1. The second-order valence-corrected chi connectivity index (χ2v) is 10.9.